The van der Waals surface area contributed by atoms with E-state index in [4.69, 9.17) is 9.47 Å². The monoisotopic (exact) mass is 441 g/mol. The van der Waals surface area contributed by atoms with Gasteiger partial charge >= 0.3 is 0 Å². The molecule has 3 rings (SSSR count). The summed E-state index contributed by atoms with van der Waals surface area (Å²) in [4.78, 5) is 13.1. The van der Waals surface area contributed by atoms with Crippen molar-refractivity contribution < 1.29 is 19.0 Å². The number of aliphatic hydroxyl groups excluding tert-OH is 1. The Hall–Kier alpha value is -3.46. The fourth-order valence-electron chi connectivity index (χ4n) is 3.22. The number of hydrogen-bond donors (Lipinski definition) is 3. The summed E-state index contributed by atoms with van der Waals surface area (Å²) in [5.74, 6) is 1.53. The highest BCUT2D eigenvalue weighted by Crippen LogP contribution is 2.28. The summed E-state index contributed by atoms with van der Waals surface area (Å²) in [6.07, 6.45) is 4.24. The second-order valence-corrected chi connectivity index (χ2v) is 7.62. The standard InChI is InChI=1S/C23H28FN5O3/c1-5-6-9-23(2,14-30)29-21-20-18(10-16(24)13-25-20)27-22(28-21)26-12-15-7-8-17(31-3)11-19(15)32-4/h5,7-8,10-11,13,30H,1,6,9,12,14H2,2-4H3,(H2,26,27,28,29)/t23-/m1/s1. The first-order valence-corrected chi connectivity index (χ1v) is 10.2. The van der Waals surface area contributed by atoms with Gasteiger partial charge in [0.2, 0.25) is 5.95 Å². The topological polar surface area (TPSA) is 101 Å². The molecule has 0 aliphatic rings. The van der Waals surface area contributed by atoms with Gasteiger partial charge < -0.3 is 25.2 Å². The Morgan fingerprint density at radius 2 is 2.03 bits per heavy atom. The van der Waals surface area contributed by atoms with Crippen LogP contribution in [0.15, 0.2) is 43.1 Å². The van der Waals surface area contributed by atoms with Crippen LogP contribution in [0.4, 0.5) is 16.2 Å². The van der Waals surface area contributed by atoms with Crippen molar-refractivity contribution in [3.8, 4) is 11.5 Å². The molecule has 9 heteroatoms. The van der Waals surface area contributed by atoms with Crippen molar-refractivity contribution in [1.29, 1.82) is 0 Å². The number of fused-ring (bicyclic) bond motifs is 1. The summed E-state index contributed by atoms with van der Waals surface area (Å²) in [5, 5.41) is 16.4. The minimum Gasteiger partial charge on any atom is -0.497 e. The Morgan fingerprint density at radius 1 is 1.22 bits per heavy atom. The van der Waals surface area contributed by atoms with Gasteiger partial charge in [0.1, 0.15) is 22.8 Å². The van der Waals surface area contributed by atoms with Gasteiger partial charge in [-0.3, -0.25) is 0 Å². The van der Waals surface area contributed by atoms with Crippen molar-refractivity contribution >= 4 is 22.8 Å². The fourth-order valence-corrected chi connectivity index (χ4v) is 3.22. The van der Waals surface area contributed by atoms with E-state index in [0.717, 1.165) is 11.8 Å². The van der Waals surface area contributed by atoms with Crippen LogP contribution in [0.25, 0.3) is 11.0 Å². The van der Waals surface area contributed by atoms with Gasteiger partial charge in [-0.2, -0.15) is 4.98 Å². The molecule has 0 radical (unpaired) electrons. The van der Waals surface area contributed by atoms with Gasteiger partial charge in [0.05, 0.1) is 38.1 Å². The predicted octanol–water partition coefficient (Wildman–Crippen LogP) is 3.92. The van der Waals surface area contributed by atoms with Crippen LogP contribution in [-0.4, -0.2) is 46.4 Å². The van der Waals surface area contributed by atoms with Gasteiger partial charge in [0.15, 0.2) is 5.82 Å². The molecular formula is C23H28FN5O3. The molecule has 0 bridgehead atoms. The lowest BCUT2D eigenvalue weighted by atomic mass is 9.96. The Kier molecular flexibility index (Phi) is 7.42. The van der Waals surface area contributed by atoms with Crippen molar-refractivity contribution in [2.24, 2.45) is 0 Å². The van der Waals surface area contributed by atoms with Crippen molar-refractivity contribution in [2.45, 2.75) is 31.8 Å². The molecule has 0 spiro atoms. The number of aromatic nitrogens is 3. The Labute approximate surface area is 186 Å². The summed E-state index contributed by atoms with van der Waals surface area (Å²) in [6.45, 7) is 5.86. The molecule has 8 nitrogen and oxygen atoms in total. The molecular weight excluding hydrogens is 413 g/mol. The first-order valence-electron chi connectivity index (χ1n) is 10.2. The van der Waals surface area contributed by atoms with Crippen molar-refractivity contribution in [2.75, 3.05) is 31.5 Å². The van der Waals surface area contributed by atoms with Gasteiger partial charge in [-0.1, -0.05) is 6.08 Å². The number of anilines is 2. The first kappa shape index (κ1) is 23.2. The van der Waals surface area contributed by atoms with Crippen molar-refractivity contribution in [3.63, 3.8) is 0 Å². The van der Waals surface area contributed by atoms with E-state index >= 15 is 0 Å². The number of nitrogens with one attached hydrogen (secondary N) is 2. The van der Waals surface area contributed by atoms with Gasteiger partial charge in [0.25, 0.3) is 0 Å². The van der Waals surface area contributed by atoms with Crippen LogP contribution in [0.1, 0.15) is 25.3 Å². The van der Waals surface area contributed by atoms with Gasteiger partial charge in [-0.15, -0.1) is 6.58 Å². The SMILES string of the molecule is C=CCC[C@](C)(CO)Nc1nc(NCc2ccc(OC)cc2OC)nc2cc(F)cnc12. The number of nitrogens with zero attached hydrogens (tertiary/aromatic N) is 3. The molecule has 0 saturated heterocycles. The number of methoxy groups -OCH3 is 2. The lowest BCUT2D eigenvalue weighted by Gasteiger charge is -2.29. The van der Waals surface area contributed by atoms with Gasteiger partial charge in [0, 0.05) is 24.2 Å². The summed E-state index contributed by atoms with van der Waals surface area (Å²) in [5.41, 5.74) is 0.963. The molecule has 0 aliphatic carbocycles. The zero-order chi connectivity index (χ0) is 23.1. The zero-order valence-corrected chi connectivity index (χ0v) is 18.5. The highest BCUT2D eigenvalue weighted by molar-refractivity contribution is 5.86. The summed E-state index contributed by atoms with van der Waals surface area (Å²) in [7, 11) is 3.17. The maximum Gasteiger partial charge on any atom is 0.225 e. The van der Waals surface area contributed by atoms with Crippen molar-refractivity contribution in [3.05, 3.63) is 54.5 Å². The molecule has 3 aromatic rings. The lowest BCUT2D eigenvalue weighted by molar-refractivity contribution is 0.215. The van der Waals surface area contributed by atoms with E-state index in [0.29, 0.717) is 47.7 Å². The van der Waals surface area contributed by atoms with E-state index in [1.807, 2.05) is 19.1 Å². The van der Waals surface area contributed by atoms with Crippen molar-refractivity contribution in [1.82, 2.24) is 15.0 Å². The molecule has 0 saturated carbocycles. The molecule has 1 aromatic carbocycles. The molecule has 0 unspecified atom stereocenters. The minimum absolute atomic E-state index is 0.126. The summed E-state index contributed by atoms with van der Waals surface area (Å²) < 4.78 is 24.5. The molecule has 1 atom stereocenters. The summed E-state index contributed by atoms with van der Waals surface area (Å²) >= 11 is 0. The molecule has 0 amide bonds. The third kappa shape index (κ3) is 5.42. The third-order valence-electron chi connectivity index (χ3n) is 5.10. The molecule has 2 aromatic heterocycles. The van der Waals surface area contributed by atoms with E-state index in [2.05, 4.69) is 32.2 Å². The Bertz CT molecular complexity index is 1090. The highest BCUT2D eigenvalue weighted by atomic mass is 19.1. The normalized spacial score (nSPS) is 12.8. The maximum atomic E-state index is 13.8. The van der Waals surface area contributed by atoms with E-state index in [1.165, 1.54) is 6.07 Å². The third-order valence-corrected chi connectivity index (χ3v) is 5.10. The number of hydrogen-bond acceptors (Lipinski definition) is 8. The Morgan fingerprint density at radius 3 is 2.72 bits per heavy atom. The molecule has 32 heavy (non-hydrogen) atoms. The molecule has 0 aliphatic heterocycles. The van der Waals surface area contributed by atoms with Crippen LogP contribution in [0.3, 0.4) is 0 Å². The predicted molar refractivity (Wildman–Crippen MR) is 123 cm³/mol. The molecule has 0 fully saturated rings. The van der Waals surface area contributed by atoms with E-state index < -0.39 is 11.4 Å². The zero-order valence-electron chi connectivity index (χ0n) is 18.5. The van der Waals surface area contributed by atoms with Gasteiger partial charge in [-0.05, 0) is 31.9 Å². The van der Waals surface area contributed by atoms with Crippen LogP contribution in [0.5, 0.6) is 11.5 Å². The first-order chi connectivity index (χ1) is 15.4. The van der Waals surface area contributed by atoms with E-state index in [1.54, 1.807) is 26.4 Å². The number of rotatable bonds is 11. The summed E-state index contributed by atoms with van der Waals surface area (Å²) in [6, 6.07) is 6.80. The highest BCUT2D eigenvalue weighted by Gasteiger charge is 2.25. The van der Waals surface area contributed by atoms with Crippen LogP contribution >= 0.6 is 0 Å². The number of aliphatic hydroxyl groups is 1. The van der Waals surface area contributed by atoms with Crippen LogP contribution in [0.2, 0.25) is 0 Å². The van der Waals surface area contributed by atoms with Crippen LogP contribution in [-0.2, 0) is 6.54 Å². The minimum atomic E-state index is -0.665. The number of halogens is 1. The second kappa shape index (κ2) is 10.2. The average molecular weight is 442 g/mol. The Balaban J connectivity index is 1.93. The number of allylic oxidation sites excluding steroid dienone is 1. The smallest absolute Gasteiger partial charge is 0.225 e. The number of ether oxygens (including phenoxy) is 2. The largest absolute Gasteiger partial charge is 0.497 e. The van der Waals surface area contributed by atoms with Gasteiger partial charge in [-0.25, -0.2) is 14.4 Å². The second-order valence-electron chi connectivity index (χ2n) is 7.62. The lowest BCUT2D eigenvalue weighted by Crippen LogP contribution is -2.39. The number of benzene rings is 1. The quantitative estimate of drug-likeness (QED) is 0.385. The van der Waals surface area contributed by atoms with Crippen LogP contribution in [0, 0.1) is 5.82 Å². The molecule has 3 N–H and O–H groups in total. The fraction of sp³-hybridized carbons (Fsp3) is 0.348. The van der Waals surface area contributed by atoms with E-state index in [9.17, 15) is 9.50 Å². The molecule has 2 heterocycles. The average Bonchev–Trinajstić information content (AvgIpc) is 2.81. The molecule has 170 valence electrons. The van der Waals surface area contributed by atoms with E-state index in [-0.39, 0.29) is 12.6 Å². The number of pyridine rings is 1. The van der Waals surface area contributed by atoms with Crippen LogP contribution < -0.4 is 20.1 Å². The maximum absolute atomic E-state index is 13.8.